The Morgan fingerprint density at radius 2 is 2.07 bits per heavy atom. The van der Waals surface area contributed by atoms with Crippen LogP contribution in [0, 0.1) is 6.92 Å². The molecule has 1 aromatic rings. The summed E-state index contributed by atoms with van der Waals surface area (Å²) in [5.74, 6) is 0.987. The summed E-state index contributed by atoms with van der Waals surface area (Å²) in [6.45, 7) is 4.72. The topological polar surface area (TPSA) is 29.9 Å². The minimum atomic E-state index is -0.221. The first-order chi connectivity index (χ1) is 7.00. The molecular formula is C10H17Cl2N3. The molecule has 0 spiro atoms. The van der Waals surface area contributed by atoms with Gasteiger partial charge in [-0.3, -0.25) is 4.68 Å². The fourth-order valence-electron chi connectivity index (χ4n) is 1.26. The first kappa shape index (κ1) is 12.8. The lowest BCUT2D eigenvalue weighted by Gasteiger charge is -2.25. The summed E-state index contributed by atoms with van der Waals surface area (Å²) in [4.78, 5) is 0. The summed E-state index contributed by atoms with van der Waals surface area (Å²) in [7, 11) is 1.93. The van der Waals surface area contributed by atoms with Crippen LogP contribution in [0.15, 0.2) is 6.07 Å². The zero-order valence-electron chi connectivity index (χ0n) is 9.35. The molecule has 0 aliphatic rings. The highest BCUT2D eigenvalue weighted by atomic mass is 35.5. The SMILES string of the molecule is Cc1cc(CNC(C)(CCl)CCl)n(C)n1. The lowest BCUT2D eigenvalue weighted by molar-refractivity contribution is 0.426. The zero-order valence-corrected chi connectivity index (χ0v) is 10.9. The molecule has 1 N–H and O–H groups in total. The van der Waals surface area contributed by atoms with Crippen LogP contribution in [0.25, 0.3) is 0 Å². The second kappa shape index (κ2) is 5.19. The molecule has 0 saturated carbocycles. The second-order valence-electron chi connectivity index (χ2n) is 4.08. The van der Waals surface area contributed by atoms with Crippen molar-refractivity contribution >= 4 is 23.2 Å². The lowest BCUT2D eigenvalue weighted by Crippen LogP contribution is -2.45. The van der Waals surface area contributed by atoms with Crippen LogP contribution in [-0.4, -0.2) is 27.1 Å². The van der Waals surface area contributed by atoms with E-state index in [0.717, 1.165) is 17.9 Å². The molecule has 0 bridgehead atoms. The highest BCUT2D eigenvalue weighted by Crippen LogP contribution is 2.11. The number of aromatic nitrogens is 2. The minimum absolute atomic E-state index is 0.221. The van der Waals surface area contributed by atoms with Crippen LogP contribution in [0.5, 0.6) is 0 Å². The third-order valence-electron chi connectivity index (χ3n) is 2.39. The average molecular weight is 250 g/mol. The Bertz CT molecular complexity index is 318. The lowest BCUT2D eigenvalue weighted by atomic mass is 10.1. The van der Waals surface area contributed by atoms with Crippen LogP contribution in [0.2, 0.25) is 0 Å². The second-order valence-corrected chi connectivity index (χ2v) is 4.62. The van der Waals surface area contributed by atoms with Gasteiger partial charge in [-0.15, -0.1) is 23.2 Å². The molecule has 3 nitrogen and oxygen atoms in total. The fourth-order valence-corrected chi connectivity index (χ4v) is 1.74. The van der Waals surface area contributed by atoms with Gasteiger partial charge in [0.25, 0.3) is 0 Å². The van der Waals surface area contributed by atoms with E-state index in [1.807, 2.05) is 25.6 Å². The van der Waals surface area contributed by atoms with Gasteiger partial charge in [0.1, 0.15) is 0 Å². The highest BCUT2D eigenvalue weighted by molar-refractivity contribution is 6.22. The van der Waals surface area contributed by atoms with E-state index < -0.39 is 0 Å². The Hall–Kier alpha value is -0.250. The van der Waals surface area contributed by atoms with E-state index in [2.05, 4.69) is 16.5 Å². The van der Waals surface area contributed by atoms with Gasteiger partial charge < -0.3 is 5.32 Å². The van der Waals surface area contributed by atoms with E-state index in [-0.39, 0.29) is 5.54 Å². The summed E-state index contributed by atoms with van der Waals surface area (Å²) in [6, 6.07) is 2.05. The van der Waals surface area contributed by atoms with Crippen molar-refractivity contribution in [3.8, 4) is 0 Å². The predicted molar refractivity (Wildman–Crippen MR) is 64.6 cm³/mol. The minimum Gasteiger partial charge on any atom is -0.304 e. The molecular weight excluding hydrogens is 233 g/mol. The van der Waals surface area contributed by atoms with Crippen molar-refractivity contribution < 1.29 is 0 Å². The van der Waals surface area contributed by atoms with Gasteiger partial charge in [0.2, 0.25) is 0 Å². The van der Waals surface area contributed by atoms with E-state index >= 15 is 0 Å². The Morgan fingerprint density at radius 1 is 1.47 bits per heavy atom. The molecule has 0 saturated heterocycles. The molecule has 1 heterocycles. The largest absolute Gasteiger partial charge is 0.304 e. The molecule has 0 aliphatic heterocycles. The highest BCUT2D eigenvalue weighted by Gasteiger charge is 2.21. The van der Waals surface area contributed by atoms with Gasteiger partial charge in [-0.2, -0.15) is 5.10 Å². The Morgan fingerprint density at radius 3 is 2.47 bits per heavy atom. The maximum absolute atomic E-state index is 5.85. The third kappa shape index (κ3) is 3.37. The Balaban J connectivity index is 2.60. The number of alkyl halides is 2. The van der Waals surface area contributed by atoms with Gasteiger partial charge in [-0.05, 0) is 19.9 Å². The van der Waals surface area contributed by atoms with Crippen LogP contribution in [0.4, 0.5) is 0 Å². The number of aryl methyl sites for hydroxylation is 2. The number of nitrogens with zero attached hydrogens (tertiary/aromatic N) is 2. The molecule has 0 radical (unpaired) electrons. The monoisotopic (exact) mass is 249 g/mol. The van der Waals surface area contributed by atoms with Crippen molar-refractivity contribution in [2.75, 3.05) is 11.8 Å². The Labute approximate surface area is 101 Å². The van der Waals surface area contributed by atoms with Gasteiger partial charge in [-0.25, -0.2) is 0 Å². The Kier molecular flexibility index (Phi) is 4.44. The zero-order chi connectivity index (χ0) is 11.5. The number of rotatable bonds is 5. The molecule has 0 amide bonds. The summed E-state index contributed by atoms with van der Waals surface area (Å²) < 4.78 is 1.87. The average Bonchev–Trinajstić information content (AvgIpc) is 2.54. The smallest absolute Gasteiger partial charge is 0.0597 e. The molecule has 86 valence electrons. The molecule has 15 heavy (non-hydrogen) atoms. The standard InChI is InChI=1S/C10H17Cl2N3/c1-8-4-9(15(3)14-8)5-13-10(2,6-11)7-12/h4,13H,5-7H2,1-3H3. The van der Waals surface area contributed by atoms with Gasteiger partial charge >= 0.3 is 0 Å². The summed E-state index contributed by atoms with van der Waals surface area (Å²) in [5, 5.41) is 7.62. The van der Waals surface area contributed by atoms with Crippen molar-refractivity contribution in [3.63, 3.8) is 0 Å². The summed E-state index contributed by atoms with van der Waals surface area (Å²) >= 11 is 11.7. The molecule has 0 unspecified atom stereocenters. The molecule has 0 aliphatic carbocycles. The third-order valence-corrected chi connectivity index (χ3v) is 3.56. The van der Waals surface area contributed by atoms with Gasteiger partial charge in [0.05, 0.1) is 11.4 Å². The van der Waals surface area contributed by atoms with Crippen LogP contribution in [-0.2, 0) is 13.6 Å². The van der Waals surface area contributed by atoms with Crippen molar-refractivity contribution in [2.45, 2.75) is 25.9 Å². The molecule has 0 fully saturated rings. The number of hydrogen-bond donors (Lipinski definition) is 1. The maximum Gasteiger partial charge on any atom is 0.0597 e. The van der Waals surface area contributed by atoms with Gasteiger partial charge in [-0.1, -0.05) is 0 Å². The van der Waals surface area contributed by atoms with Crippen LogP contribution >= 0.6 is 23.2 Å². The quantitative estimate of drug-likeness (QED) is 0.810. The molecule has 1 rings (SSSR count). The normalized spacial score (nSPS) is 12.1. The van der Waals surface area contributed by atoms with Crippen LogP contribution < -0.4 is 5.32 Å². The van der Waals surface area contributed by atoms with Gasteiger partial charge in [0, 0.05) is 30.9 Å². The first-order valence-electron chi connectivity index (χ1n) is 4.87. The van der Waals surface area contributed by atoms with E-state index in [0.29, 0.717) is 11.8 Å². The summed E-state index contributed by atoms with van der Waals surface area (Å²) in [5.41, 5.74) is 1.93. The van der Waals surface area contributed by atoms with Crippen molar-refractivity contribution in [2.24, 2.45) is 7.05 Å². The number of nitrogens with one attached hydrogen (secondary N) is 1. The molecule has 1 aromatic heterocycles. The molecule has 0 aromatic carbocycles. The number of halogens is 2. The van der Waals surface area contributed by atoms with Crippen molar-refractivity contribution in [1.29, 1.82) is 0 Å². The fraction of sp³-hybridized carbons (Fsp3) is 0.700. The van der Waals surface area contributed by atoms with Crippen LogP contribution in [0.3, 0.4) is 0 Å². The summed E-state index contributed by atoms with van der Waals surface area (Å²) in [6.07, 6.45) is 0. The van der Waals surface area contributed by atoms with E-state index in [4.69, 9.17) is 23.2 Å². The van der Waals surface area contributed by atoms with E-state index in [1.165, 1.54) is 0 Å². The van der Waals surface area contributed by atoms with Crippen molar-refractivity contribution in [1.82, 2.24) is 15.1 Å². The van der Waals surface area contributed by atoms with Gasteiger partial charge in [0.15, 0.2) is 0 Å². The van der Waals surface area contributed by atoms with E-state index in [9.17, 15) is 0 Å². The molecule has 0 atom stereocenters. The molecule has 5 heteroatoms. The van der Waals surface area contributed by atoms with E-state index in [1.54, 1.807) is 0 Å². The van der Waals surface area contributed by atoms with Crippen LogP contribution in [0.1, 0.15) is 18.3 Å². The first-order valence-corrected chi connectivity index (χ1v) is 5.94. The maximum atomic E-state index is 5.85. The number of hydrogen-bond acceptors (Lipinski definition) is 2. The van der Waals surface area contributed by atoms with Crippen molar-refractivity contribution in [3.05, 3.63) is 17.5 Å². The predicted octanol–water partition coefficient (Wildman–Crippen LogP) is 2.05.